The van der Waals surface area contributed by atoms with Crippen molar-refractivity contribution in [1.29, 1.82) is 0 Å². The summed E-state index contributed by atoms with van der Waals surface area (Å²) in [5.74, 6) is 2.71. The van der Waals surface area contributed by atoms with Crippen LogP contribution in [0.5, 0.6) is 11.5 Å². The third-order valence-electron chi connectivity index (χ3n) is 4.26. The maximum Gasteiger partial charge on any atom is 0.231 e. The molecule has 0 saturated carbocycles. The van der Waals surface area contributed by atoms with Crippen LogP contribution in [0.25, 0.3) is 0 Å². The molecule has 0 amide bonds. The Hall–Kier alpha value is -1.22. The molecule has 0 unspecified atom stereocenters. The predicted octanol–water partition coefficient (Wildman–Crippen LogP) is 2.57. The SMILES string of the molecule is Cc1cc2c(c(CC3CCNCC3)c1C)OCO2. The molecule has 2 aliphatic rings. The molecule has 0 aromatic heterocycles. The first-order valence-corrected chi connectivity index (χ1v) is 6.85. The smallest absolute Gasteiger partial charge is 0.231 e. The molecular formula is C15H21NO2. The van der Waals surface area contributed by atoms with E-state index in [1.807, 2.05) is 0 Å². The van der Waals surface area contributed by atoms with Gasteiger partial charge in [-0.2, -0.15) is 0 Å². The molecule has 18 heavy (non-hydrogen) atoms. The van der Waals surface area contributed by atoms with Crippen LogP contribution in [0.1, 0.15) is 29.5 Å². The fourth-order valence-corrected chi connectivity index (χ4v) is 2.97. The highest BCUT2D eigenvalue weighted by atomic mass is 16.7. The molecular weight excluding hydrogens is 226 g/mol. The summed E-state index contributed by atoms with van der Waals surface area (Å²) >= 11 is 0. The van der Waals surface area contributed by atoms with Crippen molar-refractivity contribution in [3.63, 3.8) is 0 Å². The second kappa shape index (κ2) is 4.81. The third kappa shape index (κ3) is 2.07. The van der Waals surface area contributed by atoms with Crippen molar-refractivity contribution in [2.24, 2.45) is 5.92 Å². The Balaban J connectivity index is 1.90. The Labute approximate surface area is 108 Å². The number of hydrogen-bond acceptors (Lipinski definition) is 3. The summed E-state index contributed by atoms with van der Waals surface area (Å²) in [4.78, 5) is 0. The van der Waals surface area contributed by atoms with Crippen LogP contribution in [-0.4, -0.2) is 19.9 Å². The number of hydrogen-bond donors (Lipinski definition) is 1. The van der Waals surface area contributed by atoms with Gasteiger partial charge in [0.05, 0.1) is 0 Å². The van der Waals surface area contributed by atoms with Crippen LogP contribution in [0.4, 0.5) is 0 Å². The summed E-state index contributed by atoms with van der Waals surface area (Å²) in [5, 5.41) is 3.42. The number of aryl methyl sites for hydroxylation is 1. The molecule has 0 spiro atoms. The molecule has 98 valence electrons. The van der Waals surface area contributed by atoms with Crippen molar-refractivity contribution in [3.05, 3.63) is 22.8 Å². The Morgan fingerprint density at radius 3 is 2.78 bits per heavy atom. The van der Waals surface area contributed by atoms with Crippen LogP contribution in [0, 0.1) is 19.8 Å². The molecule has 0 aliphatic carbocycles. The van der Waals surface area contributed by atoms with Crippen molar-refractivity contribution >= 4 is 0 Å². The van der Waals surface area contributed by atoms with Crippen LogP contribution < -0.4 is 14.8 Å². The lowest BCUT2D eigenvalue weighted by atomic mass is 9.87. The molecule has 1 aromatic carbocycles. The number of piperidine rings is 1. The number of nitrogens with one attached hydrogen (secondary N) is 1. The largest absolute Gasteiger partial charge is 0.454 e. The van der Waals surface area contributed by atoms with Crippen molar-refractivity contribution in [3.8, 4) is 11.5 Å². The van der Waals surface area contributed by atoms with Crippen molar-refractivity contribution in [1.82, 2.24) is 5.32 Å². The van der Waals surface area contributed by atoms with E-state index in [2.05, 4.69) is 25.2 Å². The van der Waals surface area contributed by atoms with Gasteiger partial charge >= 0.3 is 0 Å². The summed E-state index contributed by atoms with van der Waals surface area (Å²) in [6.45, 7) is 7.03. The Bertz CT molecular complexity index is 450. The highest BCUT2D eigenvalue weighted by molar-refractivity contribution is 5.55. The normalized spacial score (nSPS) is 19.2. The molecule has 3 rings (SSSR count). The zero-order valence-corrected chi connectivity index (χ0v) is 11.2. The lowest BCUT2D eigenvalue weighted by Gasteiger charge is -2.24. The second-order valence-electron chi connectivity index (χ2n) is 5.43. The van der Waals surface area contributed by atoms with Crippen LogP contribution in [0.15, 0.2) is 6.07 Å². The van der Waals surface area contributed by atoms with E-state index in [0.29, 0.717) is 6.79 Å². The van der Waals surface area contributed by atoms with Gasteiger partial charge in [-0.05, 0) is 69.3 Å². The van der Waals surface area contributed by atoms with Gasteiger partial charge in [-0.25, -0.2) is 0 Å². The number of benzene rings is 1. The Morgan fingerprint density at radius 1 is 1.22 bits per heavy atom. The van der Waals surface area contributed by atoms with E-state index in [1.54, 1.807) is 0 Å². The molecule has 3 nitrogen and oxygen atoms in total. The molecule has 3 heteroatoms. The highest BCUT2D eigenvalue weighted by Gasteiger charge is 2.24. The van der Waals surface area contributed by atoms with Gasteiger partial charge in [-0.15, -0.1) is 0 Å². The van der Waals surface area contributed by atoms with Gasteiger partial charge in [0.1, 0.15) is 0 Å². The van der Waals surface area contributed by atoms with E-state index in [4.69, 9.17) is 9.47 Å². The maximum absolute atomic E-state index is 5.67. The lowest BCUT2D eigenvalue weighted by molar-refractivity contribution is 0.173. The van der Waals surface area contributed by atoms with Crippen LogP contribution >= 0.6 is 0 Å². The molecule has 1 aromatic rings. The minimum atomic E-state index is 0.372. The first-order chi connectivity index (χ1) is 8.75. The zero-order valence-electron chi connectivity index (χ0n) is 11.2. The lowest BCUT2D eigenvalue weighted by Crippen LogP contribution is -2.28. The minimum absolute atomic E-state index is 0.372. The summed E-state index contributed by atoms with van der Waals surface area (Å²) in [7, 11) is 0. The van der Waals surface area contributed by atoms with Crippen LogP contribution in [0.2, 0.25) is 0 Å². The summed E-state index contributed by atoms with van der Waals surface area (Å²) in [6, 6.07) is 2.10. The van der Waals surface area contributed by atoms with Gasteiger partial charge in [0.15, 0.2) is 11.5 Å². The fraction of sp³-hybridized carbons (Fsp3) is 0.600. The number of rotatable bonds is 2. The molecule has 0 radical (unpaired) electrons. The number of ether oxygens (including phenoxy) is 2. The first-order valence-electron chi connectivity index (χ1n) is 6.85. The van der Waals surface area contributed by atoms with E-state index >= 15 is 0 Å². The molecule has 1 saturated heterocycles. The predicted molar refractivity (Wildman–Crippen MR) is 71.3 cm³/mol. The van der Waals surface area contributed by atoms with Gasteiger partial charge in [-0.3, -0.25) is 0 Å². The van der Waals surface area contributed by atoms with Gasteiger partial charge in [0.25, 0.3) is 0 Å². The molecule has 0 atom stereocenters. The highest BCUT2D eigenvalue weighted by Crippen LogP contribution is 2.40. The standard InChI is InChI=1S/C15H21NO2/c1-10-7-14-15(18-9-17-14)13(11(10)2)8-12-3-5-16-6-4-12/h7,12,16H,3-6,8-9H2,1-2H3. The average molecular weight is 247 g/mol. The summed E-state index contributed by atoms with van der Waals surface area (Å²) in [5.41, 5.74) is 4.05. The van der Waals surface area contributed by atoms with Crippen LogP contribution in [-0.2, 0) is 6.42 Å². The van der Waals surface area contributed by atoms with Crippen LogP contribution in [0.3, 0.4) is 0 Å². The topological polar surface area (TPSA) is 30.5 Å². The average Bonchev–Trinajstić information content (AvgIpc) is 2.84. The van der Waals surface area contributed by atoms with E-state index in [9.17, 15) is 0 Å². The minimum Gasteiger partial charge on any atom is -0.454 e. The van der Waals surface area contributed by atoms with E-state index in [1.165, 1.54) is 29.5 Å². The van der Waals surface area contributed by atoms with Crippen molar-refractivity contribution in [2.45, 2.75) is 33.1 Å². The molecule has 2 heterocycles. The van der Waals surface area contributed by atoms with Gasteiger partial charge in [-0.1, -0.05) is 0 Å². The quantitative estimate of drug-likeness (QED) is 0.871. The molecule has 1 N–H and O–H groups in total. The van der Waals surface area contributed by atoms with Gasteiger partial charge < -0.3 is 14.8 Å². The Kier molecular flexibility index (Phi) is 3.16. The second-order valence-corrected chi connectivity index (χ2v) is 5.43. The van der Waals surface area contributed by atoms with Gasteiger partial charge in [0.2, 0.25) is 6.79 Å². The van der Waals surface area contributed by atoms with E-state index in [0.717, 1.165) is 36.9 Å². The Morgan fingerprint density at radius 2 is 2.00 bits per heavy atom. The third-order valence-corrected chi connectivity index (χ3v) is 4.26. The maximum atomic E-state index is 5.67. The monoisotopic (exact) mass is 247 g/mol. The summed E-state index contributed by atoms with van der Waals surface area (Å²) < 4.78 is 11.2. The van der Waals surface area contributed by atoms with Crippen molar-refractivity contribution < 1.29 is 9.47 Å². The zero-order chi connectivity index (χ0) is 12.5. The summed E-state index contributed by atoms with van der Waals surface area (Å²) in [6.07, 6.45) is 3.66. The molecule has 2 aliphatic heterocycles. The van der Waals surface area contributed by atoms with Gasteiger partial charge in [0, 0.05) is 5.56 Å². The van der Waals surface area contributed by atoms with Crippen molar-refractivity contribution in [2.75, 3.05) is 19.9 Å². The number of fused-ring (bicyclic) bond motifs is 1. The van der Waals surface area contributed by atoms with E-state index in [-0.39, 0.29) is 0 Å². The molecule has 1 fully saturated rings. The fourth-order valence-electron chi connectivity index (χ4n) is 2.97. The molecule has 0 bridgehead atoms. The van der Waals surface area contributed by atoms with E-state index < -0.39 is 0 Å². The first kappa shape index (κ1) is 11.8.